The Morgan fingerprint density at radius 2 is 2.10 bits per heavy atom. The van der Waals surface area contributed by atoms with Crippen molar-refractivity contribution in [3.63, 3.8) is 0 Å². The summed E-state index contributed by atoms with van der Waals surface area (Å²) in [5.74, 6) is -0.0883. The summed E-state index contributed by atoms with van der Waals surface area (Å²) in [6.45, 7) is 0.669. The zero-order chi connectivity index (χ0) is 14.9. The van der Waals surface area contributed by atoms with Crippen LogP contribution >= 0.6 is 0 Å². The average Bonchev–Trinajstić information content (AvgIpc) is 2.52. The van der Waals surface area contributed by atoms with Crippen molar-refractivity contribution in [1.29, 1.82) is 0 Å². The molecule has 1 heterocycles. The Hall–Kier alpha value is -2.34. The topological polar surface area (TPSA) is 93.3 Å². The number of amides is 1. The second-order valence-corrected chi connectivity index (χ2v) is 4.66. The predicted molar refractivity (Wildman–Crippen MR) is 82.8 cm³/mol. The van der Waals surface area contributed by atoms with Crippen LogP contribution in [0.4, 0.5) is 0 Å². The van der Waals surface area contributed by atoms with Gasteiger partial charge in [-0.15, -0.1) is 0 Å². The highest BCUT2D eigenvalue weighted by atomic mass is 16.2. The summed E-state index contributed by atoms with van der Waals surface area (Å²) in [6, 6.07) is 5.65. The molecule has 0 aliphatic carbocycles. The van der Waals surface area contributed by atoms with Gasteiger partial charge in [-0.25, -0.2) is 5.43 Å². The highest BCUT2D eigenvalue weighted by Gasteiger charge is 2.01. The molecule has 1 aromatic carbocycles. The van der Waals surface area contributed by atoms with Gasteiger partial charge in [0, 0.05) is 24.4 Å². The molecule has 21 heavy (non-hydrogen) atoms. The van der Waals surface area contributed by atoms with E-state index in [9.17, 15) is 4.79 Å². The first-order valence-electron chi connectivity index (χ1n) is 7.03. The summed E-state index contributed by atoms with van der Waals surface area (Å²) in [4.78, 5) is 20.1. The maximum absolute atomic E-state index is 11.6. The van der Waals surface area contributed by atoms with Crippen LogP contribution in [0.2, 0.25) is 0 Å². The van der Waals surface area contributed by atoms with Crippen molar-refractivity contribution in [3.05, 3.63) is 36.2 Å². The number of nitrogens with one attached hydrogen (secondary N) is 1. The fraction of sp³-hybridized carbons (Fsp3) is 0.333. The summed E-state index contributed by atoms with van der Waals surface area (Å²) in [6.07, 6.45) is 8.08. The molecule has 1 amide bonds. The minimum absolute atomic E-state index is 0.0883. The monoisotopic (exact) mass is 285 g/mol. The van der Waals surface area contributed by atoms with E-state index in [0.717, 1.165) is 35.9 Å². The van der Waals surface area contributed by atoms with E-state index in [0.29, 0.717) is 13.0 Å². The molecule has 6 nitrogen and oxygen atoms in total. The first kappa shape index (κ1) is 15.1. The van der Waals surface area contributed by atoms with Gasteiger partial charge in [0.15, 0.2) is 0 Å². The van der Waals surface area contributed by atoms with Gasteiger partial charge in [-0.05, 0) is 25.5 Å². The molecule has 3 N–H and O–H groups in total. The zero-order valence-corrected chi connectivity index (χ0v) is 11.8. The number of hydrogen-bond donors (Lipinski definition) is 2. The molecule has 0 aliphatic heterocycles. The molecular weight excluding hydrogens is 266 g/mol. The lowest BCUT2D eigenvalue weighted by Crippen LogP contribution is -2.17. The highest BCUT2D eigenvalue weighted by molar-refractivity contribution is 5.96. The van der Waals surface area contributed by atoms with Crippen molar-refractivity contribution in [2.45, 2.75) is 25.7 Å². The van der Waals surface area contributed by atoms with E-state index in [1.165, 1.54) is 0 Å². The van der Waals surface area contributed by atoms with E-state index < -0.39 is 0 Å². The number of rotatable bonds is 7. The van der Waals surface area contributed by atoms with Crippen LogP contribution in [0, 0.1) is 0 Å². The summed E-state index contributed by atoms with van der Waals surface area (Å²) in [5.41, 5.74) is 10.3. The summed E-state index contributed by atoms with van der Waals surface area (Å²) in [7, 11) is 0. The number of para-hydroxylation sites is 1. The minimum Gasteiger partial charge on any atom is -0.330 e. The van der Waals surface area contributed by atoms with Crippen molar-refractivity contribution in [1.82, 2.24) is 15.4 Å². The maximum Gasteiger partial charge on any atom is 0.240 e. The zero-order valence-electron chi connectivity index (χ0n) is 11.8. The van der Waals surface area contributed by atoms with Crippen LogP contribution in [0.1, 0.15) is 31.2 Å². The Morgan fingerprint density at radius 3 is 2.95 bits per heavy atom. The molecule has 110 valence electrons. The molecule has 0 unspecified atom stereocenters. The predicted octanol–water partition coefficient (Wildman–Crippen LogP) is 1.60. The van der Waals surface area contributed by atoms with Gasteiger partial charge in [0.05, 0.1) is 17.2 Å². The molecule has 0 spiro atoms. The molecule has 0 aliphatic rings. The van der Waals surface area contributed by atoms with Gasteiger partial charge in [-0.3, -0.25) is 14.8 Å². The van der Waals surface area contributed by atoms with E-state index in [1.807, 2.05) is 18.2 Å². The van der Waals surface area contributed by atoms with Gasteiger partial charge in [-0.2, -0.15) is 5.10 Å². The number of hydrazone groups is 1. The number of unbranched alkanes of at least 4 members (excludes halogenated alkanes) is 2. The van der Waals surface area contributed by atoms with Crippen molar-refractivity contribution in [2.24, 2.45) is 10.8 Å². The van der Waals surface area contributed by atoms with Crippen molar-refractivity contribution < 1.29 is 4.79 Å². The average molecular weight is 285 g/mol. The second kappa shape index (κ2) is 8.06. The van der Waals surface area contributed by atoms with E-state index >= 15 is 0 Å². The smallest absolute Gasteiger partial charge is 0.240 e. The van der Waals surface area contributed by atoms with Gasteiger partial charge in [0.1, 0.15) is 0 Å². The van der Waals surface area contributed by atoms with Crippen LogP contribution in [0.25, 0.3) is 11.0 Å². The number of carbonyl (C=O) groups excluding carboxylic acids is 1. The standard InChI is InChI=1S/C15H19N5O/c16-8-3-1-2-7-14(21)20-19-11-12-5-4-6-13-15(12)18-10-9-17-13/h4-6,9-11H,1-3,7-8,16H2,(H,20,21)/b19-11+. The molecule has 6 heteroatoms. The molecule has 1 aromatic heterocycles. The maximum atomic E-state index is 11.6. The van der Waals surface area contributed by atoms with Crippen LogP contribution in [-0.4, -0.2) is 28.6 Å². The lowest BCUT2D eigenvalue weighted by Gasteiger charge is -2.01. The molecular formula is C15H19N5O. The van der Waals surface area contributed by atoms with Crippen molar-refractivity contribution in [2.75, 3.05) is 6.54 Å². The number of benzene rings is 1. The lowest BCUT2D eigenvalue weighted by atomic mass is 10.2. The Morgan fingerprint density at radius 1 is 1.24 bits per heavy atom. The Balaban J connectivity index is 1.90. The van der Waals surface area contributed by atoms with Crippen LogP contribution in [-0.2, 0) is 4.79 Å². The van der Waals surface area contributed by atoms with Gasteiger partial charge in [-0.1, -0.05) is 18.6 Å². The Kier molecular flexibility index (Phi) is 5.78. The number of nitrogens with zero attached hydrogens (tertiary/aromatic N) is 3. The quantitative estimate of drug-likeness (QED) is 0.459. The third-order valence-electron chi connectivity index (χ3n) is 3.03. The molecule has 0 radical (unpaired) electrons. The van der Waals surface area contributed by atoms with Gasteiger partial charge in [0.25, 0.3) is 0 Å². The molecule has 0 bridgehead atoms. The van der Waals surface area contributed by atoms with E-state index in [4.69, 9.17) is 5.73 Å². The first-order valence-corrected chi connectivity index (χ1v) is 7.03. The molecule has 0 saturated heterocycles. The number of nitrogens with two attached hydrogens (primary N) is 1. The Bertz CT molecular complexity index is 621. The number of hydrogen-bond acceptors (Lipinski definition) is 5. The van der Waals surface area contributed by atoms with E-state index in [-0.39, 0.29) is 5.91 Å². The SMILES string of the molecule is NCCCCCC(=O)N/N=C/c1cccc2nccnc12. The molecule has 0 saturated carbocycles. The van der Waals surface area contributed by atoms with Crippen LogP contribution in [0.3, 0.4) is 0 Å². The third kappa shape index (κ3) is 4.61. The fourth-order valence-corrected chi connectivity index (χ4v) is 1.96. The van der Waals surface area contributed by atoms with Crippen LogP contribution < -0.4 is 11.2 Å². The number of aromatic nitrogens is 2. The molecule has 0 atom stereocenters. The van der Waals surface area contributed by atoms with Gasteiger partial charge < -0.3 is 5.73 Å². The fourth-order valence-electron chi connectivity index (χ4n) is 1.96. The van der Waals surface area contributed by atoms with Crippen molar-refractivity contribution >= 4 is 23.2 Å². The minimum atomic E-state index is -0.0883. The van der Waals surface area contributed by atoms with Gasteiger partial charge in [0.2, 0.25) is 5.91 Å². The largest absolute Gasteiger partial charge is 0.330 e. The molecule has 2 rings (SSSR count). The number of carbonyl (C=O) groups is 1. The van der Waals surface area contributed by atoms with E-state index in [2.05, 4.69) is 20.5 Å². The molecule has 2 aromatic rings. The lowest BCUT2D eigenvalue weighted by molar-refractivity contribution is -0.121. The molecule has 0 fully saturated rings. The highest BCUT2D eigenvalue weighted by Crippen LogP contribution is 2.11. The van der Waals surface area contributed by atoms with Crippen LogP contribution in [0.5, 0.6) is 0 Å². The van der Waals surface area contributed by atoms with E-state index in [1.54, 1.807) is 18.6 Å². The summed E-state index contributed by atoms with van der Waals surface area (Å²) >= 11 is 0. The van der Waals surface area contributed by atoms with Crippen molar-refractivity contribution in [3.8, 4) is 0 Å². The van der Waals surface area contributed by atoms with Gasteiger partial charge >= 0.3 is 0 Å². The second-order valence-electron chi connectivity index (χ2n) is 4.66. The third-order valence-corrected chi connectivity index (χ3v) is 3.03. The summed E-state index contributed by atoms with van der Waals surface area (Å²) < 4.78 is 0. The summed E-state index contributed by atoms with van der Waals surface area (Å²) in [5, 5.41) is 3.97. The number of fused-ring (bicyclic) bond motifs is 1. The normalized spacial score (nSPS) is 11.1. The van der Waals surface area contributed by atoms with Crippen LogP contribution in [0.15, 0.2) is 35.7 Å². The Labute approximate surface area is 123 Å². The first-order chi connectivity index (χ1) is 10.3.